The van der Waals surface area contributed by atoms with Gasteiger partial charge in [-0.2, -0.15) is 5.10 Å². The Balaban J connectivity index is 1.44. The first-order chi connectivity index (χ1) is 16.6. The molecule has 4 rings (SSSR count). The van der Waals surface area contributed by atoms with Crippen LogP contribution in [0.1, 0.15) is 12.0 Å². The summed E-state index contributed by atoms with van der Waals surface area (Å²) in [5.41, 5.74) is 2.53. The van der Waals surface area contributed by atoms with Crippen LogP contribution >= 0.6 is 0 Å². The van der Waals surface area contributed by atoms with Crippen LogP contribution in [-0.2, 0) is 6.54 Å². The summed E-state index contributed by atoms with van der Waals surface area (Å²) in [7, 11) is 4.08. The molecule has 0 amide bonds. The fraction of sp³-hybridized carbons (Fsp3) is 0.231. The highest BCUT2D eigenvalue weighted by Gasteiger charge is 2.07. The van der Waals surface area contributed by atoms with Crippen LogP contribution < -0.4 is 15.6 Å². The van der Waals surface area contributed by atoms with Crippen LogP contribution in [0, 0.1) is 0 Å². The average Bonchev–Trinajstić information content (AvgIpc) is 2.85. The Morgan fingerprint density at radius 1 is 0.971 bits per heavy atom. The molecule has 8 nitrogen and oxygen atoms in total. The van der Waals surface area contributed by atoms with Gasteiger partial charge in [-0.05, 0) is 50.3 Å². The van der Waals surface area contributed by atoms with Crippen molar-refractivity contribution in [1.82, 2.24) is 24.6 Å². The number of hydrogen-bond acceptors (Lipinski definition) is 7. The lowest BCUT2D eigenvalue weighted by molar-refractivity contribution is 0.280. The molecule has 0 saturated heterocycles. The van der Waals surface area contributed by atoms with Gasteiger partial charge in [0, 0.05) is 23.9 Å². The van der Waals surface area contributed by atoms with E-state index in [1.54, 1.807) is 18.5 Å². The first-order valence-electron chi connectivity index (χ1n) is 11.2. The normalized spacial score (nSPS) is 10.9. The Kier molecular flexibility index (Phi) is 7.62. The molecule has 0 saturated carbocycles. The van der Waals surface area contributed by atoms with E-state index in [1.165, 1.54) is 10.7 Å². The fourth-order valence-electron chi connectivity index (χ4n) is 3.39. The van der Waals surface area contributed by atoms with Crippen LogP contribution in [0.15, 0.2) is 83.9 Å². The molecular weight excluding hydrogens is 428 g/mol. The van der Waals surface area contributed by atoms with E-state index in [2.05, 4.69) is 25.3 Å². The SMILES string of the molecule is CN(C)CCCOc1cnc(-c2cccc(Cn3nc(Nc4ccccc4)ccc3=O)c2)nc1. The van der Waals surface area contributed by atoms with E-state index in [1.807, 2.05) is 68.7 Å². The van der Waals surface area contributed by atoms with E-state index in [4.69, 9.17) is 4.74 Å². The lowest BCUT2D eigenvalue weighted by Crippen LogP contribution is -2.23. The fourth-order valence-corrected chi connectivity index (χ4v) is 3.39. The van der Waals surface area contributed by atoms with E-state index in [9.17, 15) is 4.79 Å². The van der Waals surface area contributed by atoms with Crippen molar-refractivity contribution in [1.29, 1.82) is 0 Å². The molecule has 4 aromatic rings. The lowest BCUT2D eigenvalue weighted by Gasteiger charge is -2.11. The van der Waals surface area contributed by atoms with Gasteiger partial charge in [-0.1, -0.05) is 36.4 Å². The molecule has 0 aliphatic heterocycles. The molecule has 2 heterocycles. The van der Waals surface area contributed by atoms with E-state index in [-0.39, 0.29) is 5.56 Å². The maximum Gasteiger partial charge on any atom is 0.267 e. The molecule has 0 bridgehead atoms. The van der Waals surface area contributed by atoms with Gasteiger partial charge in [0.25, 0.3) is 5.56 Å². The van der Waals surface area contributed by atoms with Crippen molar-refractivity contribution < 1.29 is 4.74 Å². The third-order valence-electron chi connectivity index (χ3n) is 5.08. The predicted molar refractivity (Wildman–Crippen MR) is 133 cm³/mol. The number of aromatic nitrogens is 4. The zero-order valence-corrected chi connectivity index (χ0v) is 19.4. The minimum Gasteiger partial charge on any atom is -0.490 e. The molecule has 34 heavy (non-hydrogen) atoms. The average molecular weight is 457 g/mol. The van der Waals surface area contributed by atoms with Gasteiger partial charge in [0.2, 0.25) is 0 Å². The summed E-state index contributed by atoms with van der Waals surface area (Å²) in [5.74, 6) is 1.85. The number of nitrogens with zero attached hydrogens (tertiary/aromatic N) is 5. The smallest absolute Gasteiger partial charge is 0.267 e. The number of anilines is 2. The molecule has 0 fully saturated rings. The van der Waals surface area contributed by atoms with Gasteiger partial charge in [0.15, 0.2) is 17.4 Å². The molecule has 0 unspecified atom stereocenters. The maximum atomic E-state index is 12.4. The summed E-state index contributed by atoms with van der Waals surface area (Å²) in [4.78, 5) is 23.4. The molecule has 2 aromatic carbocycles. The lowest BCUT2D eigenvalue weighted by atomic mass is 10.1. The van der Waals surface area contributed by atoms with Crippen LogP contribution in [0.2, 0.25) is 0 Å². The van der Waals surface area contributed by atoms with Gasteiger partial charge < -0.3 is 15.0 Å². The Bertz CT molecular complexity index is 1260. The number of nitrogens with one attached hydrogen (secondary N) is 1. The van der Waals surface area contributed by atoms with Crippen molar-refractivity contribution in [2.45, 2.75) is 13.0 Å². The number of benzene rings is 2. The third kappa shape index (κ3) is 6.49. The molecule has 0 spiro atoms. The van der Waals surface area contributed by atoms with Crippen molar-refractivity contribution in [3.05, 3.63) is 95.0 Å². The standard InChI is InChI=1S/C26H28N6O2/c1-31(2)14-7-15-34-23-17-27-26(28-18-23)21-9-6-8-20(16-21)19-32-25(33)13-12-24(30-32)29-22-10-4-3-5-11-22/h3-6,8-13,16-18H,7,14-15,19H2,1-2H3,(H,29,30). The predicted octanol–water partition coefficient (Wildman–Crippen LogP) is 3.82. The monoisotopic (exact) mass is 456 g/mol. The number of ether oxygens (including phenoxy) is 1. The zero-order valence-electron chi connectivity index (χ0n) is 19.4. The van der Waals surface area contributed by atoms with Crippen LogP contribution in [0.5, 0.6) is 5.75 Å². The minimum absolute atomic E-state index is 0.170. The van der Waals surface area contributed by atoms with Crippen LogP contribution in [0.25, 0.3) is 11.4 Å². The molecule has 8 heteroatoms. The minimum atomic E-state index is -0.170. The van der Waals surface area contributed by atoms with Crippen LogP contribution in [-0.4, -0.2) is 51.9 Å². The van der Waals surface area contributed by atoms with E-state index in [0.717, 1.165) is 29.8 Å². The first-order valence-corrected chi connectivity index (χ1v) is 11.2. The summed E-state index contributed by atoms with van der Waals surface area (Å²) >= 11 is 0. The van der Waals surface area contributed by atoms with Crippen LogP contribution in [0.3, 0.4) is 0 Å². The van der Waals surface area contributed by atoms with Crippen molar-refractivity contribution in [2.24, 2.45) is 0 Å². The number of rotatable bonds is 10. The molecule has 0 radical (unpaired) electrons. The summed E-state index contributed by atoms with van der Waals surface area (Å²) in [6, 6.07) is 20.7. The highest BCUT2D eigenvalue weighted by molar-refractivity contribution is 5.56. The zero-order chi connectivity index (χ0) is 23.8. The second-order valence-corrected chi connectivity index (χ2v) is 8.15. The van der Waals surface area contributed by atoms with Gasteiger partial charge in [0.1, 0.15) is 0 Å². The van der Waals surface area contributed by atoms with Crippen molar-refractivity contribution in [3.63, 3.8) is 0 Å². The van der Waals surface area contributed by atoms with Gasteiger partial charge in [-0.3, -0.25) is 4.79 Å². The van der Waals surface area contributed by atoms with Crippen molar-refractivity contribution >= 4 is 11.5 Å². The Hall–Kier alpha value is -4.04. The largest absolute Gasteiger partial charge is 0.490 e. The maximum absolute atomic E-state index is 12.4. The van der Waals surface area contributed by atoms with Crippen LogP contribution in [0.4, 0.5) is 11.5 Å². The van der Waals surface area contributed by atoms with E-state index < -0.39 is 0 Å². The molecule has 1 N–H and O–H groups in total. The van der Waals surface area contributed by atoms with Gasteiger partial charge >= 0.3 is 0 Å². The Labute approximate surface area is 198 Å². The van der Waals surface area contributed by atoms with E-state index >= 15 is 0 Å². The number of hydrogen-bond donors (Lipinski definition) is 1. The summed E-state index contributed by atoms with van der Waals surface area (Å²) in [6.07, 6.45) is 4.32. The van der Waals surface area contributed by atoms with Gasteiger partial charge in [-0.15, -0.1) is 0 Å². The molecule has 0 atom stereocenters. The third-order valence-corrected chi connectivity index (χ3v) is 5.08. The van der Waals surface area contributed by atoms with Gasteiger partial charge in [0.05, 0.1) is 25.5 Å². The second-order valence-electron chi connectivity index (χ2n) is 8.15. The molecular formula is C26H28N6O2. The molecule has 2 aromatic heterocycles. The topological polar surface area (TPSA) is 85.2 Å². The number of para-hydroxylation sites is 1. The summed E-state index contributed by atoms with van der Waals surface area (Å²) in [5, 5.41) is 7.68. The molecule has 0 aliphatic rings. The summed E-state index contributed by atoms with van der Waals surface area (Å²) < 4.78 is 7.15. The summed E-state index contributed by atoms with van der Waals surface area (Å²) in [6.45, 7) is 1.93. The molecule has 174 valence electrons. The van der Waals surface area contributed by atoms with Gasteiger partial charge in [-0.25, -0.2) is 14.6 Å². The second kappa shape index (κ2) is 11.2. The Morgan fingerprint density at radius 3 is 2.53 bits per heavy atom. The van der Waals surface area contributed by atoms with Crippen molar-refractivity contribution in [3.8, 4) is 17.1 Å². The van der Waals surface area contributed by atoms with E-state index in [0.29, 0.717) is 30.5 Å². The first kappa shape index (κ1) is 23.1. The quantitative estimate of drug-likeness (QED) is 0.363. The van der Waals surface area contributed by atoms with Crippen molar-refractivity contribution in [2.75, 3.05) is 32.6 Å². The Morgan fingerprint density at radius 2 is 1.76 bits per heavy atom. The molecule has 0 aliphatic carbocycles. The highest BCUT2D eigenvalue weighted by Crippen LogP contribution is 2.19. The highest BCUT2D eigenvalue weighted by atomic mass is 16.5.